The summed E-state index contributed by atoms with van der Waals surface area (Å²) in [6.45, 7) is 14.7. The van der Waals surface area contributed by atoms with Crippen LogP contribution in [0, 0.1) is 11.8 Å². The normalized spacial score (nSPS) is 21.4. The van der Waals surface area contributed by atoms with Gasteiger partial charge in [-0.25, -0.2) is 0 Å². The SMILES string of the molecule is CC(C)C[C@H](NC(=O)c1ccc(C(C)(C)C)cc1)C(=O)N1CC[C@@H]2[C@H]1C(=O)CN2C(=O)[C@@H](N)CC(C)C. The first-order valence-electron chi connectivity index (χ1n) is 13.5. The molecule has 0 unspecified atom stereocenters. The summed E-state index contributed by atoms with van der Waals surface area (Å²) in [5.41, 5.74) is 7.71. The fourth-order valence-electron chi connectivity index (χ4n) is 5.44. The van der Waals surface area contributed by atoms with Crippen molar-refractivity contribution in [1.29, 1.82) is 0 Å². The van der Waals surface area contributed by atoms with E-state index >= 15 is 0 Å². The van der Waals surface area contributed by atoms with Crippen LogP contribution in [0.4, 0.5) is 0 Å². The van der Waals surface area contributed by atoms with Gasteiger partial charge in [0.1, 0.15) is 12.1 Å². The van der Waals surface area contributed by atoms with Crippen LogP contribution < -0.4 is 11.1 Å². The number of amides is 3. The van der Waals surface area contributed by atoms with Gasteiger partial charge >= 0.3 is 0 Å². The molecule has 2 fully saturated rings. The highest BCUT2D eigenvalue weighted by molar-refractivity contribution is 6.01. The molecule has 8 nitrogen and oxygen atoms in total. The van der Waals surface area contributed by atoms with Crippen LogP contribution in [0.5, 0.6) is 0 Å². The van der Waals surface area contributed by atoms with Gasteiger partial charge in [0.2, 0.25) is 11.8 Å². The summed E-state index contributed by atoms with van der Waals surface area (Å²) in [7, 11) is 0. The second-order valence-electron chi connectivity index (χ2n) is 12.5. The first-order valence-corrected chi connectivity index (χ1v) is 13.5. The molecular formula is C29H44N4O4. The third-order valence-corrected chi connectivity index (χ3v) is 7.35. The Morgan fingerprint density at radius 3 is 2.11 bits per heavy atom. The lowest BCUT2D eigenvalue weighted by Crippen LogP contribution is -2.53. The molecule has 0 bridgehead atoms. The van der Waals surface area contributed by atoms with Gasteiger partial charge in [-0.15, -0.1) is 0 Å². The van der Waals surface area contributed by atoms with E-state index in [0.29, 0.717) is 31.4 Å². The van der Waals surface area contributed by atoms with E-state index in [0.717, 1.165) is 5.56 Å². The van der Waals surface area contributed by atoms with Crippen LogP contribution >= 0.6 is 0 Å². The minimum Gasteiger partial charge on any atom is -0.340 e. The maximum atomic E-state index is 13.7. The molecule has 37 heavy (non-hydrogen) atoms. The lowest BCUT2D eigenvalue weighted by Gasteiger charge is -2.29. The number of rotatable bonds is 8. The van der Waals surface area contributed by atoms with Crippen LogP contribution in [-0.2, 0) is 19.8 Å². The highest BCUT2D eigenvalue weighted by Gasteiger charge is 2.52. The second-order valence-corrected chi connectivity index (χ2v) is 12.5. The standard InChI is InChI=1S/C29H44N4O4/c1-17(2)14-21(30)27(36)33-16-24(34)25-23(33)12-13-32(25)28(37)22(15-18(3)4)31-26(35)19-8-10-20(11-9-19)29(5,6)7/h8-11,17-18,21-23,25H,12-16,30H2,1-7H3,(H,31,35)/t21-,22-,23+,25-/m0/s1. The Labute approximate surface area is 221 Å². The van der Waals surface area contributed by atoms with Crippen molar-refractivity contribution in [3.8, 4) is 0 Å². The second kappa shape index (κ2) is 11.3. The average Bonchev–Trinajstić information content (AvgIpc) is 3.37. The Bertz CT molecular complexity index is 1010. The number of nitrogens with two attached hydrogens (primary N) is 1. The summed E-state index contributed by atoms with van der Waals surface area (Å²) < 4.78 is 0. The number of nitrogens with one attached hydrogen (secondary N) is 1. The molecular weight excluding hydrogens is 468 g/mol. The summed E-state index contributed by atoms with van der Waals surface area (Å²) in [5.74, 6) is -0.538. The number of ketones is 1. The molecule has 2 heterocycles. The van der Waals surface area contributed by atoms with E-state index in [9.17, 15) is 19.2 Å². The van der Waals surface area contributed by atoms with Crippen LogP contribution in [0.15, 0.2) is 24.3 Å². The van der Waals surface area contributed by atoms with E-state index in [2.05, 4.69) is 26.1 Å². The van der Waals surface area contributed by atoms with Crippen molar-refractivity contribution >= 4 is 23.5 Å². The van der Waals surface area contributed by atoms with E-state index in [-0.39, 0.29) is 53.3 Å². The molecule has 0 radical (unpaired) electrons. The van der Waals surface area contributed by atoms with Gasteiger partial charge in [-0.05, 0) is 54.2 Å². The minimum atomic E-state index is -0.755. The van der Waals surface area contributed by atoms with Gasteiger partial charge in [0, 0.05) is 12.1 Å². The molecule has 2 aliphatic rings. The molecule has 1 aromatic rings. The number of likely N-dealkylation sites (tertiary alicyclic amines) is 2. The Hall–Kier alpha value is -2.74. The number of hydrogen-bond donors (Lipinski definition) is 2. The number of fused-ring (bicyclic) bond motifs is 1. The molecule has 8 heteroatoms. The number of carbonyl (C=O) groups excluding carboxylic acids is 4. The van der Waals surface area contributed by atoms with Gasteiger partial charge in [0.05, 0.1) is 18.6 Å². The predicted molar refractivity (Wildman–Crippen MR) is 144 cm³/mol. The van der Waals surface area contributed by atoms with E-state index in [1.807, 2.05) is 39.8 Å². The summed E-state index contributed by atoms with van der Waals surface area (Å²) in [6.07, 6.45) is 1.52. The van der Waals surface area contributed by atoms with Crippen molar-refractivity contribution < 1.29 is 19.2 Å². The Morgan fingerprint density at radius 2 is 1.57 bits per heavy atom. The zero-order valence-corrected chi connectivity index (χ0v) is 23.4. The molecule has 3 N–H and O–H groups in total. The minimum absolute atomic E-state index is 0.0227. The van der Waals surface area contributed by atoms with Gasteiger partial charge in [-0.3, -0.25) is 19.2 Å². The number of Topliss-reactive ketones (excluding diaryl/α,β-unsaturated/α-hetero) is 1. The molecule has 0 aliphatic carbocycles. The van der Waals surface area contributed by atoms with Crippen LogP contribution in [0.25, 0.3) is 0 Å². The van der Waals surface area contributed by atoms with Gasteiger partial charge in [-0.1, -0.05) is 60.6 Å². The number of carbonyl (C=O) groups is 4. The Morgan fingerprint density at radius 1 is 0.973 bits per heavy atom. The van der Waals surface area contributed by atoms with E-state index in [4.69, 9.17) is 5.73 Å². The first-order chi connectivity index (χ1) is 17.2. The molecule has 1 aromatic carbocycles. The molecule has 0 saturated carbocycles. The molecule has 3 rings (SSSR count). The predicted octanol–water partition coefficient (Wildman–Crippen LogP) is 2.88. The van der Waals surface area contributed by atoms with Crippen molar-refractivity contribution in [3.63, 3.8) is 0 Å². The summed E-state index contributed by atoms with van der Waals surface area (Å²) in [4.78, 5) is 56.0. The van der Waals surface area contributed by atoms with Crippen molar-refractivity contribution in [2.24, 2.45) is 17.6 Å². The zero-order chi connectivity index (χ0) is 27.7. The van der Waals surface area contributed by atoms with Gasteiger partial charge in [0.25, 0.3) is 5.91 Å². The fourth-order valence-corrected chi connectivity index (χ4v) is 5.44. The largest absolute Gasteiger partial charge is 0.340 e. The zero-order valence-electron chi connectivity index (χ0n) is 23.4. The Kier molecular flexibility index (Phi) is 8.83. The lowest BCUT2D eigenvalue weighted by molar-refractivity contribution is -0.138. The molecule has 2 aliphatic heterocycles. The van der Waals surface area contributed by atoms with Crippen LogP contribution in [0.3, 0.4) is 0 Å². The monoisotopic (exact) mass is 512 g/mol. The number of benzene rings is 1. The molecule has 4 atom stereocenters. The quantitative estimate of drug-likeness (QED) is 0.556. The fraction of sp³-hybridized carbons (Fsp3) is 0.655. The van der Waals surface area contributed by atoms with Crippen LogP contribution in [0.2, 0.25) is 0 Å². The topological polar surface area (TPSA) is 113 Å². The van der Waals surface area contributed by atoms with Crippen LogP contribution in [0.1, 0.15) is 83.7 Å². The third-order valence-electron chi connectivity index (χ3n) is 7.35. The van der Waals surface area contributed by atoms with E-state index in [1.165, 1.54) is 0 Å². The Balaban J connectivity index is 1.75. The first kappa shape index (κ1) is 28.8. The third kappa shape index (κ3) is 6.58. The van der Waals surface area contributed by atoms with Gasteiger partial charge in [-0.2, -0.15) is 0 Å². The maximum absolute atomic E-state index is 13.7. The van der Waals surface area contributed by atoms with Gasteiger partial charge < -0.3 is 20.9 Å². The maximum Gasteiger partial charge on any atom is 0.251 e. The average molecular weight is 513 g/mol. The lowest BCUT2D eigenvalue weighted by atomic mass is 9.86. The molecule has 204 valence electrons. The molecule has 2 saturated heterocycles. The summed E-state index contributed by atoms with van der Waals surface area (Å²) in [6, 6.07) is 4.98. The van der Waals surface area contributed by atoms with Gasteiger partial charge in [0.15, 0.2) is 5.78 Å². The molecule has 3 amide bonds. The molecule has 0 spiro atoms. The van der Waals surface area contributed by atoms with Crippen molar-refractivity contribution in [3.05, 3.63) is 35.4 Å². The highest BCUT2D eigenvalue weighted by atomic mass is 16.2. The number of hydrogen-bond acceptors (Lipinski definition) is 5. The van der Waals surface area contributed by atoms with Crippen molar-refractivity contribution in [2.75, 3.05) is 13.1 Å². The summed E-state index contributed by atoms with van der Waals surface area (Å²) >= 11 is 0. The smallest absolute Gasteiger partial charge is 0.251 e. The van der Waals surface area contributed by atoms with Crippen molar-refractivity contribution in [2.45, 2.75) is 97.3 Å². The summed E-state index contributed by atoms with van der Waals surface area (Å²) in [5, 5.41) is 2.93. The van der Waals surface area contributed by atoms with Crippen molar-refractivity contribution in [1.82, 2.24) is 15.1 Å². The van der Waals surface area contributed by atoms with E-state index in [1.54, 1.807) is 21.9 Å². The molecule has 0 aromatic heterocycles. The highest BCUT2D eigenvalue weighted by Crippen LogP contribution is 2.31. The van der Waals surface area contributed by atoms with E-state index < -0.39 is 18.1 Å². The van der Waals surface area contributed by atoms with Crippen LogP contribution in [-0.4, -0.2) is 70.6 Å². The number of nitrogens with zero attached hydrogens (tertiary/aromatic N) is 2.